The van der Waals surface area contributed by atoms with E-state index >= 15 is 0 Å². The van der Waals surface area contributed by atoms with Crippen LogP contribution in [0.25, 0.3) is 10.3 Å². The first-order valence-corrected chi connectivity index (χ1v) is 7.69. The standard InChI is InChI=1S/C15H12N4O2S/c1-8-6-9-4-2-3-5-10(9)19(8)12-11-13(17-7-16-12)22-14(18-11)15(20)21/h2-5,7-8H,6H2,1H3,(H,20,21)/t8-/m0/s1. The van der Waals surface area contributed by atoms with E-state index in [1.807, 2.05) is 12.1 Å². The monoisotopic (exact) mass is 312 g/mol. The summed E-state index contributed by atoms with van der Waals surface area (Å²) in [7, 11) is 0. The van der Waals surface area contributed by atoms with Gasteiger partial charge in [-0.1, -0.05) is 29.5 Å². The fourth-order valence-corrected chi connectivity index (χ4v) is 3.64. The summed E-state index contributed by atoms with van der Waals surface area (Å²) >= 11 is 1.07. The Bertz CT molecular complexity index is 892. The van der Waals surface area contributed by atoms with Crippen molar-refractivity contribution in [2.24, 2.45) is 0 Å². The number of aromatic carboxylic acids is 1. The van der Waals surface area contributed by atoms with Crippen molar-refractivity contribution < 1.29 is 9.90 Å². The summed E-state index contributed by atoms with van der Waals surface area (Å²) in [6, 6.07) is 8.41. The third kappa shape index (κ3) is 1.86. The molecule has 1 atom stereocenters. The highest BCUT2D eigenvalue weighted by Gasteiger charge is 2.30. The third-order valence-electron chi connectivity index (χ3n) is 3.79. The van der Waals surface area contributed by atoms with Crippen LogP contribution >= 0.6 is 11.3 Å². The summed E-state index contributed by atoms with van der Waals surface area (Å²) in [6.07, 6.45) is 2.40. The van der Waals surface area contributed by atoms with Crippen LogP contribution in [0, 0.1) is 0 Å². The molecule has 0 amide bonds. The molecule has 1 N–H and O–H groups in total. The van der Waals surface area contributed by atoms with E-state index < -0.39 is 5.97 Å². The molecule has 0 spiro atoms. The van der Waals surface area contributed by atoms with E-state index in [1.54, 1.807) is 0 Å². The largest absolute Gasteiger partial charge is 0.476 e. The van der Waals surface area contributed by atoms with Crippen molar-refractivity contribution in [2.45, 2.75) is 19.4 Å². The number of nitrogens with zero attached hydrogens (tertiary/aromatic N) is 4. The van der Waals surface area contributed by atoms with Crippen molar-refractivity contribution in [1.29, 1.82) is 0 Å². The Morgan fingerprint density at radius 1 is 1.36 bits per heavy atom. The maximum Gasteiger partial charge on any atom is 0.365 e. The number of aromatic nitrogens is 3. The van der Waals surface area contributed by atoms with Gasteiger partial charge in [-0.05, 0) is 25.0 Å². The van der Waals surface area contributed by atoms with Crippen LogP contribution in [0.2, 0.25) is 0 Å². The maximum atomic E-state index is 11.2. The minimum atomic E-state index is -1.04. The van der Waals surface area contributed by atoms with Gasteiger partial charge in [0.05, 0.1) is 0 Å². The van der Waals surface area contributed by atoms with Gasteiger partial charge in [0.25, 0.3) is 0 Å². The predicted molar refractivity (Wildman–Crippen MR) is 83.9 cm³/mol. The van der Waals surface area contributed by atoms with Crippen LogP contribution < -0.4 is 4.90 Å². The molecule has 110 valence electrons. The van der Waals surface area contributed by atoms with E-state index in [4.69, 9.17) is 5.11 Å². The molecule has 1 aliphatic heterocycles. The Balaban J connectivity index is 1.93. The molecule has 22 heavy (non-hydrogen) atoms. The summed E-state index contributed by atoms with van der Waals surface area (Å²) in [4.78, 5) is 26.6. The van der Waals surface area contributed by atoms with E-state index in [0.29, 0.717) is 16.2 Å². The van der Waals surface area contributed by atoms with Crippen molar-refractivity contribution in [1.82, 2.24) is 15.0 Å². The van der Waals surface area contributed by atoms with Crippen molar-refractivity contribution >= 4 is 39.2 Å². The van der Waals surface area contributed by atoms with Gasteiger partial charge in [0, 0.05) is 11.7 Å². The third-order valence-corrected chi connectivity index (χ3v) is 4.75. The van der Waals surface area contributed by atoms with Gasteiger partial charge in [0.1, 0.15) is 16.7 Å². The maximum absolute atomic E-state index is 11.2. The number of thiazole rings is 1. The lowest BCUT2D eigenvalue weighted by molar-refractivity contribution is 0.0696. The lowest BCUT2D eigenvalue weighted by Crippen LogP contribution is -2.25. The van der Waals surface area contributed by atoms with Gasteiger partial charge in [0.2, 0.25) is 5.01 Å². The number of rotatable bonds is 2. The van der Waals surface area contributed by atoms with Gasteiger partial charge in [-0.3, -0.25) is 0 Å². The summed E-state index contributed by atoms with van der Waals surface area (Å²) in [5.74, 6) is -0.366. The van der Waals surface area contributed by atoms with Gasteiger partial charge in [-0.2, -0.15) is 0 Å². The normalized spacial score (nSPS) is 17.0. The van der Waals surface area contributed by atoms with Gasteiger partial charge in [0.15, 0.2) is 5.82 Å². The number of benzene rings is 1. The van der Waals surface area contributed by atoms with Crippen LogP contribution in [-0.2, 0) is 6.42 Å². The van der Waals surface area contributed by atoms with Crippen LogP contribution in [0.15, 0.2) is 30.6 Å². The molecular weight excluding hydrogens is 300 g/mol. The zero-order valence-electron chi connectivity index (χ0n) is 11.7. The minimum Gasteiger partial charge on any atom is -0.476 e. The van der Waals surface area contributed by atoms with Gasteiger partial charge in [-0.15, -0.1) is 0 Å². The summed E-state index contributed by atoms with van der Waals surface area (Å²) in [6.45, 7) is 2.12. The summed E-state index contributed by atoms with van der Waals surface area (Å²) in [5.41, 5.74) is 2.91. The quantitative estimate of drug-likeness (QED) is 0.784. The Kier molecular flexibility index (Phi) is 2.83. The molecule has 1 aliphatic rings. The molecule has 0 saturated carbocycles. The molecule has 0 fully saturated rings. The number of anilines is 2. The first-order chi connectivity index (χ1) is 10.6. The number of hydrogen-bond donors (Lipinski definition) is 1. The average molecular weight is 312 g/mol. The Morgan fingerprint density at radius 2 is 2.18 bits per heavy atom. The molecule has 3 aromatic rings. The minimum absolute atomic E-state index is 0.0388. The van der Waals surface area contributed by atoms with Crippen LogP contribution in [0.4, 0.5) is 11.5 Å². The van der Waals surface area contributed by atoms with Crippen molar-refractivity contribution in [3.05, 3.63) is 41.2 Å². The van der Waals surface area contributed by atoms with E-state index in [2.05, 4.69) is 38.9 Å². The number of hydrogen-bond acceptors (Lipinski definition) is 6. The molecule has 0 radical (unpaired) electrons. The van der Waals surface area contributed by atoms with Crippen molar-refractivity contribution in [3.63, 3.8) is 0 Å². The second-order valence-corrected chi connectivity index (χ2v) is 6.20. The van der Waals surface area contributed by atoms with Gasteiger partial charge >= 0.3 is 5.97 Å². The summed E-state index contributed by atoms with van der Waals surface area (Å²) < 4.78 is 0. The molecule has 4 rings (SSSR count). The smallest absolute Gasteiger partial charge is 0.365 e. The molecule has 6 nitrogen and oxygen atoms in total. The lowest BCUT2D eigenvalue weighted by atomic mass is 10.1. The molecule has 0 saturated heterocycles. The molecule has 0 aliphatic carbocycles. The van der Waals surface area contributed by atoms with Crippen molar-refractivity contribution in [2.75, 3.05) is 4.90 Å². The van der Waals surface area contributed by atoms with Crippen LogP contribution in [0.1, 0.15) is 22.3 Å². The second kappa shape index (κ2) is 4.74. The number of fused-ring (bicyclic) bond motifs is 2. The lowest BCUT2D eigenvalue weighted by Gasteiger charge is -2.23. The first kappa shape index (κ1) is 13.1. The van der Waals surface area contributed by atoms with Crippen molar-refractivity contribution in [3.8, 4) is 0 Å². The second-order valence-electron chi connectivity index (χ2n) is 5.23. The molecule has 7 heteroatoms. The molecule has 0 unspecified atom stereocenters. The van der Waals surface area contributed by atoms with E-state index in [-0.39, 0.29) is 11.0 Å². The highest BCUT2D eigenvalue weighted by atomic mass is 32.1. The number of carboxylic acids is 1. The Hall–Kier alpha value is -2.54. The molecule has 3 heterocycles. The summed E-state index contributed by atoms with van der Waals surface area (Å²) in [5, 5.41) is 9.18. The van der Waals surface area contributed by atoms with E-state index in [0.717, 1.165) is 23.4 Å². The zero-order chi connectivity index (χ0) is 15.3. The zero-order valence-corrected chi connectivity index (χ0v) is 12.5. The average Bonchev–Trinajstić information content (AvgIpc) is 3.07. The van der Waals surface area contributed by atoms with Gasteiger partial charge < -0.3 is 10.0 Å². The van der Waals surface area contributed by atoms with Crippen LogP contribution in [-0.4, -0.2) is 32.1 Å². The highest BCUT2D eigenvalue weighted by Crippen LogP contribution is 2.40. The Morgan fingerprint density at radius 3 is 3.00 bits per heavy atom. The molecular formula is C15H12N4O2S. The van der Waals surface area contributed by atoms with Gasteiger partial charge in [-0.25, -0.2) is 19.7 Å². The van der Waals surface area contributed by atoms with E-state index in [9.17, 15) is 4.79 Å². The van der Waals surface area contributed by atoms with Crippen LogP contribution in [0.3, 0.4) is 0 Å². The van der Waals surface area contributed by atoms with E-state index in [1.165, 1.54) is 11.9 Å². The fraction of sp³-hybridized carbons (Fsp3) is 0.200. The number of carbonyl (C=O) groups is 1. The van der Waals surface area contributed by atoms with Crippen LogP contribution in [0.5, 0.6) is 0 Å². The predicted octanol–water partition coefficient (Wildman–Crippen LogP) is 2.87. The molecule has 0 bridgehead atoms. The molecule has 1 aromatic carbocycles. The topological polar surface area (TPSA) is 79.2 Å². The number of para-hydroxylation sites is 1. The number of carboxylic acid groups (broad SMARTS) is 1. The fourth-order valence-electron chi connectivity index (χ4n) is 2.90. The highest BCUT2D eigenvalue weighted by molar-refractivity contribution is 7.19. The molecule has 2 aromatic heterocycles. The Labute approximate surface area is 130 Å². The SMILES string of the molecule is C[C@H]1Cc2ccccc2N1c1ncnc2sc(C(=O)O)nc12. The first-order valence-electron chi connectivity index (χ1n) is 6.87.